The molecule has 1 rings (SSSR count). The zero-order valence-electron chi connectivity index (χ0n) is 4.84. The molecule has 0 bridgehead atoms. The van der Waals surface area contributed by atoms with Crippen molar-refractivity contribution in [3.05, 3.63) is 27.9 Å². The fourth-order valence-electron chi connectivity index (χ4n) is 0.467. The van der Waals surface area contributed by atoms with Gasteiger partial charge in [-0.05, 0) is 0 Å². The third-order valence-corrected chi connectivity index (χ3v) is 1.23. The number of halogens is 1. The minimum Gasteiger partial charge on any atom is -0.314 e. The maximum Gasteiger partial charge on any atom is 0.287 e. The Morgan fingerprint density at radius 3 is 2.89 bits per heavy atom. The third-order valence-electron chi connectivity index (χ3n) is 0.975. The lowest BCUT2D eigenvalue weighted by molar-refractivity contribution is 0.841. The van der Waals surface area contributed by atoms with Crippen molar-refractivity contribution in [1.29, 1.82) is 0 Å². The summed E-state index contributed by atoms with van der Waals surface area (Å²) in [6.07, 6.45) is 3.03. The molecule has 1 heterocycles. The first kappa shape index (κ1) is 6.29. The molecular formula is C5H5ClN2O. The quantitative estimate of drug-likeness (QED) is 0.530. The van der Waals surface area contributed by atoms with Gasteiger partial charge < -0.3 is 4.57 Å². The Morgan fingerprint density at radius 2 is 2.44 bits per heavy atom. The van der Waals surface area contributed by atoms with Gasteiger partial charge in [-0.25, -0.2) is 4.98 Å². The van der Waals surface area contributed by atoms with Crippen LogP contribution in [0.15, 0.2) is 17.2 Å². The monoisotopic (exact) mass is 144 g/mol. The van der Waals surface area contributed by atoms with E-state index >= 15 is 0 Å². The van der Waals surface area contributed by atoms with Gasteiger partial charge >= 0.3 is 0 Å². The summed E-state index contributed by atoms with van der Waals surface area (Å²) in [5, 5.41) is 0.0139. The largest absolute Gasteiger partial charge is 0.314 e. The van der Waals surface area contributed by atoms with E-state index in [1.54, 1.807) is 13.2 Å². The summed E-state index contributed by atoms with van der Waals surface area (Å²) in [4.78, 5) is 14.3. The molecule has 1 aromatic heterocycles. The van der Waals surface area contributed by atoms with Crippen LogP contribution in [0.1, 0.15) is 0 Å². The van der Waals surface area contributed by atoms with Crippen molar-refractivity contribution in [2.24, 2.45) is 7.05 Å². The molecule has 9 heavy (non-hydrogen) atoms. The molecular weight excluding hydrogens is 140 g/mol. The van der Waals surface area contributed by atoms with Gasteiger partial charge in [0.2, 0.25) is 0 Å². The van der Waals surface area contributed by atoms with Crippen molar-refractivity contribution in [3.8, 4) is 0 Å². The Hall–Kier alpha value is -0.830. The van der Waals surface area contributed by atoms with Crippen molar-refractivity contribution >= 4 is 11.6 Å². The molecule has 0 N–H and O–H groups in total. The molecule has 0 aromatic carbocycles. The number of aromatic nitrogens is 2. The molecule has 0 saturated carbocycles. The lowest BCUT2D eigenvalue weighted by atomic mass is 10.7. The second-order valence-corrected chi connectivity index (χ2v) is 1.99. The van der Waals surface area contributed by atoms with Gasteiger partial charge in [-0.1, -0.05) is 11.6 Å². The van der Waals surface area contributed by atoms with Crippen LogP contribution in [0.4, 0.5) is 0 Å². The molecule has 0 radical (unpaired) electrons. The maximum absolute atomic E-state index is 10.7. The van der Waals surface area contributed by atoms with Crippen molar-refractivity contribution in [2.75, 3.05) is 0 Å². The average Bonchev–Trinajstić information content (AvgIpc) is 1.83. The molecule has 1 aromatic rings. The SMILES string of the molecule is Cn1ccnc(Cl)c1=O. The van der Waals surface area contributed by atoms with Gasteiger partial charge in [0.15, 0.2) is 5.15 Å². The maximum atomic E-state index is 10.7. The van der Waals surface area contributed by atoms with Gasteiger partial charge in [-0.15, -0.1) is 0 Å². The van der Waals surface area contributed by atoms with E-state index in [0.717, 1.165) is 0 Å². The Morgan fingerprint density at radius 1 is 1.78 bits per heavy atom. The molecule has 0 saturated heterocycles. The summed E-state index contributed by atoms with van der Waals surface area (Å²) >= 11 is 5.37. The number of hydrogen-bond acceptors (Lipinski definition) is 2. The normalized spacial score (nSPS) is 9.56. The van der Waals surface area contributed by atoms with Crippen LogP contribution in [0.2, 0.25) is 5.15 Å². The molecule has 0 aliphatic rings. The van der Waals surface area contributed by atoms with E-state index < -0.39 is 0 Å². The molecule has 4 heteroatoms. The number of nitrogens with zero attached hydrogens (tertiary/aromatic N) is 2. The van der Waals surface area contributed by atoms with E-state index in [4.69, 9.17) is 11.6 Å². The van der Waals surface area contributed by atoms with Gasteiger partial charge in [-0.2, -0.15) is 0 Å². The summed E-state index contributed by atoms with van der Waals surface area (Å²) in [5.74, 6) is 0. The van der Waals surface area contributed by atoms with E-state index in [-0.39, 0.29) is 10.7 Å². The van der Waals surface area contributed by atoms with Crippen molar-refractivity contribution < 1.29 is 0 Å². The number of rotatable bonds is 0. The van der Waals surface area contributed by atoms with E-state index in [2.05, 4.69) is 4.98 Å². The standard InChI is InChI=1S/C5H5ClN2O/c1-8-3-2-7-4(6)5(8)9/h2-3H,1H3. The molecule has 0 unspecified atom stereocenters. The average molecular weight is 145 g/mol. The molecule has 0 aliphatic heterocycles. The minimum atomic E-state index is -0.265. The van der Waals surface area contributed by atoms with Crippen molar-refractivity contribution in [1.82, 2.24) is 9.55 Å². The highest BCUT2D eigenvalue weighted by Gasteiger charge is 1.94. The second-order valence-electron chi connectivity index (χ2n) is 1.63. The van der Waals surface area contributed by atoms with Crippen LogP contribution in [0, 0.1) is 0 Å². The molecule has 0 aliphatic carbocycles. The lowest BCUT2D eigenvalue weighted by Crippen LogP contribution is -2.16. The molecule has 3 nitrogen and oxygen atoms in total. The van der Waals surface area contributed by atoms with Gasteiger partial charge in [0.05, 0.1) is 0 Å². The summed E-state index contributed by atoms with van der Waals surface area (Å²) in [5.41, 5.74) is -0.265. The summed E-state index contributed by atoms with van der Waals surface area (Å²) in [6.45, 7) is 0. The lowest BCUT2D eigenvalue weighted by Gasteiger charge is -1.92. The van der Waals surface area contributed by atoms with Gasteiger partial charge in [0.1, 0.15) is 0 Å². The van der Waals surface area contributed by atoms with E-state index in [1.807, 2.05) is 0 Å². The Bertz CT molecular complexity index is 245. The van der Waals surface area contributed by atoms with Gasteiger partial charge in [-0.3, -0.25) is 4.79 Å². The first-order valence-electron chi connectivity index (χ1n) is 2.39. The third kappa shape index (κ3) is 1.10. The van der Waals surface area contributed by atoms with E-state index in [0.29, 0.717) is 0 Å². The van der Waals surface area contributed by atoms with Crippen LogP contribution < -0.4 is 5.56 Å². The second kappa shape index (κ2) is 2.19. The zero-order chi connectivity index (χ0) is 6.85. The highest BCUT2D eigenvalue weighted by atomic mass is 35.5. The van der Waals surface area contributed by atoms with Crippen LogP contribution in [0.3, 0.4) is 0 Å². The summed E-state index contributed by atoms with van der Waals surface area (Å²) in [7, 11) is 1.62. The topological polar surface area (TPSA) is 34.9 Å². The van der Waals surface area contributed by atoms with Crippen molar-refractivity contribution in [3.63, 3.8) is 0 Å². The fraction of sp³-hybridized carbons (Fsp3) is 0.200. The van der Waals surface area contributed by atoms with Crippen LogP contribution in [-0.4, -0.2) is 9.55 Å². The Balaban J connectivity index is 3.43. The molecule has 0 fully saturated rings. The predicted molar refractivity (Wildman–Crippen MR) is 34.5 cm³/mol. The number of hydrogen-bond donors (Lipinski definition) is 0. The van der Waals surface area contributed by atoms with E-state index in [9.17, 15) is 4.79 Å². The number of aryl methyl sites for hydroxylation is 1. The highest BCUT2D eigenvalue weighted by Crippen LogP contribution is 1.90. The molecule has 48 valence electrons. The summed E-state index contributed by atoms with van der Waals surface area (Å²) in [6, 6.07) is 0. The van der Waals surface area contributed by atoms with Gasteiger partial charge in [0.25, 0.3) is 5.56 Å². The Kier molecular flexibility index (Phi) is 1.53. The first-order valence-corrected chi connectivity index (χ1v) is 2.77. The smallest absolute Gasteiger partial charge is 0.287 e. The fourth-order valence-corrected chi connectivity index (χ4v) is 0.657. The van der Waals surface area contributed by atoms with Crippen LogP contribution in [-0.2, 0) is 7.05 Å². The van der Waals surface area contributed by atoms with Crippen LogP contribution >= 0.6 is 11.6 Å². The zero-order valence-corrected chi connectivity index (χ0v) is 5.59. The van der Waals surface area contributed by atoms with Crippen LogP contribution in [0.25, 0.3) is 0 Å². The molecule has 0 atom stereocenters. The molecule has 0 amide bonds. The Labute approximate surface area is 56.9 Å². The summed E-state index contributed by atoms with van der Waals surface area (Å²) < 4.78 is 1.37. The highest BCUT2D eigenvalue weighted by molar-refractivity contribution is 6.29. The van der Waals surface area contributed by atoms with Crippen molar-refractivity contribution in [2.45, 2.75) is 0 Å². The predicted octanol–water partition coefficient (Wildman–Crippen LogP) is 0.434. The van der Waals surface area contributed by atoms with Crippen LogP contribution in [0.5, 0.6) is 0 Å². The van der Waals surface area contributed by atoms with Gasteiger partial charge in [0, 0.05) is 19.4 Å². The van der Waals surface area contributed by atoms with E-state index in [1.165, 1.54) is 10.8 Å². The molecule has 0 spiro atoms. The minimum absolute atomic E-state index is 0.0139. The first-order chi connectivity index (χ1) is 4.22.